The topological polar surface area (TPSA) is 82.1 Å². The van der Waals surface area contributed by atoms with E-state index >= 15 is 0 Å². The Hall–Kier alpha value is -3.00. The number of carbonyl (C=O) groups is 1. The largest absolute Gasteiger partial charge is 0.493 e. The Kier molecular flexibility index (Phi) is 7.28. The van der Waals surface area contributed by atoms with Gasteiger partial charge in [-0.2, -0.15) is 0 Å². The van der Waals surface area contributed by atoms with Crippen molar-refractivity contribution < 1.29 is 27.4 Å². The summed E-state index contributed by atoms with van der Waals surface area (Å²) in [5.41, 5.74) is 1.17. The summed E-state index contributed by atoms with van der Waals surface area (Å²) in [7, 11) is -1.07. The highest BCUT2D eigenvalue weighted by molar-refractivity contribution is 7.92. The second kappa shape index (κ2) is 9.47. The normalized spacial score (nSPS) is 10.9. The number of hydrogen-bond donors (Lipinski definition) is 0. The van der Waals surface area contributed by atoms with E-state index in [1.165, 1.54) is 42.8 Å². The number of nitrogens with zero attached hydrogens (tertiary/aromatic N) is 1. The van der Waals surface area contributed by atoms with Crippen LogP contribution in [0.3, 0.4) is 0 Å². The SMILES string of the molecule is C=CCN(c1cccc(C(=O)OCC)c1C)S(=O)(=O)c1ccc(OC)c(OC)c1. The third-order valence-electron chi connectivity index (χ3n) is 4.31. The minimum atomic E-state index is -3.98. The number of sulfonamides is 1. The molecule has 0 aromatic heterocycles. The Morgan fingerprint density at radius 3 is 2.41 bits per heavy atom. The molecule has 2 aromatic carbocycles. The molecule has 0 aliphatic rings. The van der Waals surface area contributed by atoms with Crippen LogP contribution in [0.15, 0.2) is 53.9 Å². The monoisotopic (exact) mass is 419 g/mol. The molecular weight excluding hydrogens is 394 g/mol. The first-order valence-electron chi connectivity index (χ1n) is 8.94. The van der Waals surface area contributed by atoms with Gasteiger partial charge in [0.2, 0.25) is 0 Å². The molecule has 0 aliphatic heterocycles. The van der Waals surface area contributed by atoms with Gasteiger partial charge in [0.1, 0.15) is 0 Å². The van der Waals surface area contributed by atoms with E-state index in [-0.39, 0.29) is 18.0 Å². The van der Waals surface area contributed by atoms with Gasteiger partial charge >= 0.3 is 5.97 Å². The zero-order chi connectivity index (χ0) is 21.6. The molecule has 0 spiro atoms. The van der Waals surface area contributed by atoms with E-state index in [0.717, 1.165) is 0 Å². The third-order valence-corrected chi connectivity index (χ3v) is 6.08. The second-order valence-electron chi connectivity index (χ2n) is 6.01. The molecule has 2 aromatic rings. The zero-order valence-corrected chi connectivity index (χ0v) is 17.8. The predicted molar refractivity (Wildman–Crippen MR) is 111 cm³/mol. The molecular formula is C21H25NO6S. The first-order valence-corrected chi connectivity index (χ1v) is 10.4. The van der Waals surface area contributed by atoms with Crippen LogP contribution in [0.1, 0.15) is 22.8 Å². The summed E-state index contributed by atoms with van der Waals surface area (Å²) in [5.74, 6) is 0.209. The van der Waals surface area contributed by atoms with Gasteiger partial charge in [-0.1, -0.05) is 12.1 Å². The Morgan fingerprint density at radius 1 is 1.14 bits per heavy atom. The fourth-order valence-electron chi connectivity index (χ4n) is 2.87. The Balaban J connectivity index is 2.61. The van der Waals surface area contributed by atoms with Crippen molar-refractivity contribution in [3.05, 3.63) is 60.2 Å². The summed E-state index contributed by atoms with van der Waals surface area (Å²) in [6, 6.07) is 9.23. The fraction of sp³-hybridized carbons (Fsp3) is 0.286. The van der Waals surface area contributed by atoms with Gasteiger partial charge in [-0.3, -0.25) is 4.31 Å². The quantitative estimate of drug-likeness (QED) is 0.457. The molecule has 7 nitrogen and oxygen atoms in total. The van der Waals surface area contributed by atoms with Gasteiger partial charge in [-0.05, 0) is 43.7 Å². The highest BCUT2D eigenvalue weighted by Crippen LogP contribution is 2.33. The molecule has 0 atom stereocenters. The highest BCUT2D eigenvalue weighted by Gasteiger charge is 2.28. The average Bonchev–Trinajstić information content (AvgIpc) is 2.71. The van der Waals surface area contributed by atoms with Gasteiger partial charge in [-0.25, -0.2) is 13.2 Å². The molecule has 0 aliphatic carbocycles. The number of benzene rings is 2. The van der Waals surface area contributed by atoms with E-state index < -0.39 is 16.0 Å². The lowest BCUT2D eigenvalue weighted by molar-refractivity contribution is 0.0525. The molecule has 0 heterocycles. The number of methoxy groups -OCH3 is 2. The van der Waals surface area contributed by atoms with E-state index in [9.17, 15) is 13.2 Å². The van der Waals surface area contributed by atoms with Crippen LogP contribution < -0.4 is 13.8 Å². The molecule has 0 amide bonds. The molecule has 0 radical (unpaired) electrons. The molecule has 0 bridgehead atoms. The number of esters is 1. The minimum Gasteiger partial charge on any atom is -0.493 e. The molecule has 0 fully saturated rings. The maximum atomic E-state index is 13.4. The lowest BCUT2D eigenvalue weighted by atomic mass is 10.1. The molecule has 0 saturated carbocycles. The minimum absolute atomic E-state index is 0.0177. The molecule has 2 rings (SSSR count). The molecule has 29 heavy (non-hydrogen) atoms. The number of hydrogen-bond acceptors (Lipinski definition) is 6. The van der Waals surface area contributed by atoms with Gasteiger partial charge in [0, 0.05) is 6.07 Å². The molecule has 156 valence electrons. The number of ether oxygens (including phenoxy) is 3. The van der Waals surface area contributed by atoms with Crippen molar-refractivity contribution in [1.29, 1.82) is 0 Å². The van der Waals surface area contributed by atoms with Crippen molar-refractivity contribution in [3.63, 3.8) is 0 Å². The van der Waals surface area contributed by atoms with Crippen molar-refractivity contribution in [2.45, 2.75) is 18.7 Å². The van der Waals surface area contributed by atoms with Crippen LogP contribution in [-0.4, -0.2) is 41.8 Å². The van der Waals surface area contributed by atoms with Gasteiger partial charge in [0.15, 0.2) is 11.5 Å². The average molecular weight is 419 g/mol. The summed E-state index contributed by atoms with van der Waals surface area (Å²) >= 11 is 0. The summed E-state index contributed by atoms with van der Waals surface area (Å²) in [6.45, 7) is 7.30. The predicted octanol–water partition coefficient (Wildman–Crippen LogP) is 3.57. The van der Waals surface area contributed by atoms with Crippen molar-refractivity contribution in [3.8, 4) is 11.5 Å². The maximum absolute atomic E-state index is 13.4. The van der Waals surface area contributed by atoms with Gasteiger partial charge in [0.05, 0.1) is 43.5 Å². The summed E-state index contributed by atoms with van der Waals surface area (Å²) in [4.78, 5) is 12.3. The third kappa shape index (κ3) is 4.54. The molecule has 0 N–H and O–H groups in total. The zero-order valence-electron chi connectivity index (χ0n) is 17.0. The van der Waals surface area contributed by atoms with Crippen molar-refractivity contribution >= 4 is 21.7 Å². The first kappa shape index (κ1) is 22.3. The van der Waals surface area contributed by atoms with Crippen molar-refractivity contribution in [2.24, 2.45) is 0 Å². The van der Waals surface area contributed by atoms with E-state index in [2.05, 4.69) is 6.58 Å². The summed E-state index contributed by atoms with van der Waals surface area (Å²) < 4.78 is 43.5. The van der Waals surface area contributed by atoms with Crippen molar-refractivity contribution in [1.82, 2.24) is 0 Å². The Bertz CT molecular complexity index is 1000. The van der Waals surface area contributed by atoms with E-state index in [0.29, 0.717) is 28.3 Å². The smallest absolute Gasteiger partial charge is 0.338 e. The summed E-state index contributed by atoms with van der Waals surface area (Å²) in [5, 5.41) is 0. The van der Waals surface area contributed by atoms with Crippen LogP contribution in [-0.2, 0) is 14.8 Å². The Morgan fingerprint density at radius 2 is 1.83 bits per heavy atom. The van der Waals surface area contributed by atoms with Gasteiger partial charge in [0.25, 0.3) is 10.0 Å². The summed E-state index contributed by atoms with van der Waals surface area (Å²) in [6.07, 6.45) is 1.48. The number of rotatable bonds is 9. The van der Waals surface area contributed by atoms with E-state index in [1.807, 2.05) is 0 Å². The highest BCUT2D eigenvalue weighted by atomic mass is 32.2. The van der Waals surface area contributed by atoms with Gasteiger partial charge in [-0.15, -0.1) is 6.58 Å². The maximum Gasteiger partial charge on any atom is 0.338 e. The van der Waals surface area contributed by atoms with E-state index in [4.69, 9.17) is 14.2 Å². The number of carbonyl (C=O) groups excluding carboxylic acids is 1. The lowest BCUT2D eigenvalue weighted by Crippen LogP contribution is -2.32. The second-order valence-corrected chi connectivity index (χ2v) is 7.87. The van der Waals surface area contributed by atoms with Crippen molar-refractivity contribution in [2.75, 3.05) is 31.7 Å². The molecule has 0 unspecified atom stereocenters. The fourth-order valence-corrected chi connectivity index (χ4v) is 4.38. The lowest BCUT2D eigenvalue weighted by Gasteiger charge is -2.26. The van der Waals surface area contributed by atoms with Gasteiger partial charge < -0.3 is 14.2 Å². The van der Waals surface area contributed by atoms with Crippen LogP contribution in [0, 0.1) is 6.92 Å². The first-order chi connectivity index (χ1) is 13.8. The standard InChI is InChI=1S/C21H25NO6S/c1-6-13-22(18-10-8-9-17(15(18)3)21(23)28-7-2)29(24,25)16-11-12-19(26-4)20(14-16)27-5/h6,8-12,14H,1,7,13H2,2-5H3. The number of anilines is 1. The van der Waals surface area contributed by atoms with E-state index in [1.54, 1.807) is 32.0 Å². The van der Waals surface area contributed by atoms with Crippen LogP contribution in [0.2, 0.25) is 0 Å². The van der Waals surface area contributed by atoms with Crippen LogP contribution in [0.25, 0.3) is 0 Å². The molecule has 8 heteroatoms. The van der Waals surface area contributed by atoms with Crippen LogP contribution in [0.4, 0.5) is 5.69 Å². The van der Waals surface area contributed by atoms with Crippen LogP contribution in [0.5, 0.6) is 11.5 Å². The Labute approximate surface area is 171 Å². The van der Waals surface area contributed by atoms with Crippen LogP contribution >= 0.6 is 0 Å². The molecule has 0 saturated heterocycles.